The lowest BCUT2D eigenvalue weighted by Crippen LogP contribution is -2.43. The van der Waals surface area contributed by atoms with E-state index >= 15 is 0 Å². The summed E-state index contributed by atoms with van der Waals surface area (Å²) < 4.78 is 11.4. The largest absolute Gasteiger partial charge is 0.468 e. The Morgan fingerprint density at radius 1 is 1.32 bits per heavy atom. The predicted octanol–water partition coefficient (Wildman–Crippen LogP) is 4.40. The number of dihydropyridines is 1. The van der Waals surface area contributed by atoms with E-state index in [0.29, 0.717) is 29.7 Å². The van der Waals surface area contributed by atoms with E-state index in [4.69, 9.17) is 9.47 Å². The fraction of sp³-hybridized carbons (Fsp3) is 0.458. The summed E-state index contributed by atoms with van der Waals surface area (Å²) in [7, 11) is 1.29. The van der Waals surface area contributed by atoms with E-state index in [0.717, 1.165) is 15.7 Å². The van der Waals surface area contributed by atoms with Crippen LogP contribution < -0.4 is 5.32 Å². The minimum Gasteiger partial charge on any atom is -0.468 e. The third-order valence-corrected chi connectivity index (χ3v) is 6.52. The number of carbonyl (C=O) groups excluding carboxylic acids is 3. The standard InChI is InChI=1S/C24H28BrNO5/c1-6-13(3)31-24(29)19-14(4)26-17-10-12(2)18(23(28)30-5)22(27)21(17)20(19)15-8-7-9-16(25)11-15/h7-9,11-13,18,20,26H,6,10H2,1-5H3/t12-,13-,18-,20+/m1/s1. The monoisotopic (exact) mass is 489 g/mol. The fourth-order valence-electron chi connectivity index (χ4n) is 4.30. The molecule has 166 valence electrons. The number of esters is 2. The highest BCUT2D eigenvalue weighted by atomic mass is 79.9. The van der Waals surface area contributed by atoms with E-state index in [1.54, 1.807) is 0 Å². The number of hydrogen-bond acceptors (Lipinski definition) is 6. The van der Waals surface area contributed by atoms with Gasteiger partial charge in [-0.15, -0.1) is 0 Å². The molecule has 6 nitrogen and oxygen atoms in total. The SMILES string of the molecule is CC[C@@H](C)OC(=O)C1=C(C)NC2=C(C(=O)[C@H](C(=O)OC)[C@H](C)C2)[C@H]1c1cccc(Br)c1. The van der Waals surface area contributed by atoms with Crippen molar-refractivity contribution >= 4 is 33.7 Å². The zero-order valence-electron chi connectivity index (χ0n) is 18.5. The zero-order chi connectivity index (χ0) is 22.9. The molecule has 0 unspecified atom stereocenters. The van der Waals surface area contributed by atoms with Gasteiger partial charge in [-0.05, 0) is 50.3 Å². The molecule has 1 heterocycles. The van der Waals surface area contributed by atoms with E-state index in [9.17, 15) is 14.4 Å². The molecule has 0 saturated carbocycles. The minimum atomic E-state index is -0.898. The van der Waals surface area contributed by atoms with Gasteiger partial charge in [0.2, 0.25) is 0 Å². The van der Waals surface area contributed by atoms with Crippen molar-refractivity contribution in [2.75, 3.05) is 7.11 Å². The van der Waals surface area contributed by atoms with Crippen molar-refractivity contribution in [1.29, 1.82) is 0 Å². The number of halogens is 1. The maximum Gasteiger partial charge on any atom is 0.337 e. The van der Waals surface area contributed by atoms with E-state index in [1.165, 1.54) is 7.11 Å². The number of allylic oxidation sites excluding steroid dienone is 3. The number of ketones is 1. The summed E-state index contributed by atoms with van der Waals surface area (Å²) in [6.45, 7) is 7.47. The van der Waals surface area contributed by atoms with Gasteiger partial charge in [-0.3, -0.25) is 9.59 Å². The first-order valence-corrected chi connectivity index (χ1v) is 11.3. The number of hydrogen-bond donors (Lipinski definition) is 1. The molecule has 1 aliphatic heterocycles. The quantitative estimate of drug-likeness (QED) is 0.487. The Hall–Kier alpha value is -2.41. The number of Topliss-reactive ketones (excluding diaryl/α,β-unsaturated/α-hetero) is 1. The molecule has 0 aromatic heterocycles. The van der Waals surface area contributed by atoms with Crippen molar-refractivity contribution < 1.29 is 23.9 Å². The molecule has 4 atom stereocenters. The normalized spacial score (nSPS) is 24.3. The lowest BCUT2D eigenvalue weighted by Gasteiger charge is -2.38. The molecule has 1 aliphatic carbocycles. The molecule has 0 amide bonds. The number of nitrogens with one attached hydrogen (secondary N) is 1. The van der Waals surface area contributed by atoms with Crippen LogP contribution in [-0.2, 0) is 23.9 Å². The number of ether oxygens (including phenoxy) is 2. The molecule has 1 N–H and O–H groups in total. The molecule has 0 saturated heterocycles. The lowest BCUT2D eigenvalue weighted by atomic mass is 9.69. The van der Waals surface area contributed by atoms with Crippen LogP contribution in [0.1, 0.15) is 52.0 Å². The summed E-state index contributed by atoms with van der Waals surface area (Å²) in [5.41, 5.74) is 3.02. The average molecular weight is 490 g/mol. The molecule has 0 fully saturated rings. The van der Waals surface area contributed by atoms with Crippen LogP contribution in [0.4, 0.5) is 0 Å². The van der Waals surface area contributed by atoms with E-state index in [2.05, 4.69) is 21.2 Å². The highest BCUT2D eigenvalue weighted by Gasteiger charge is 2.47. The van der Waals surface area contributed by atoms with Gasteiger partial charge in [-0.2, -0.15) is 0 Å². The molecule has 7 heteroatoms. The molecule has 1 aromatic rings. The Morgan fingerprint density at radius 2 is 2.03 bits per heavy atom. The maximum atomic E-state index is 13.6. The van der Waals surface area contributed by atoms with Gasteiger partial charge in [-0.25, -0.2) is 4.79 Å². The predicted molar refractivity (Wildman–Crippen MR) is 120 cm³/mol. The Bertz CT molecular complexity index is 980. The summed E-state index contributed by atoms with van der Waals surface area (Å²) >= 11 is 3.49. The first-order valence-electron chi connectivity index (χ1n) is 10.5. The van der Waals surface area contributed by atoms with Crippen molar-refractivity contribution in [3.05, 3.63) is 56.8 Å². The molecule has 0 spiro atoms. The molecular weight excluding hydrogens is 462 g/mol. The zero-order valence-corrected chi connectivity index (χ0v) is 20.0. The second-order valence-corrected chi connectivity index (χ2v) is 9.13. The Labute approximate surface area is 191 Å². The Kier molecular flexibility index (Phi) is 7.04. The van der Waals surface area contributed by atoms with E-state index < -0.39 is 23.8 Å². The summed E-state index contributed by atoms with van der Waals surface area (Å²) in [5, 5.41) is 3.27. The van der Waals surface area contributed by atoms with E-state index in [-0.39, 0.29) is 17.8 Å². The van der Waals surface area contributed by atoms with Gasteiger partial charge in [-0.1, -0.05) is 41.9 Å². The Balaban J connectivity index is 2.17. The molecular formula is C24H28BrNO5. The summed E-state index contributed by atoms with van der Waals surface area (Å²) in [4.78, 5) is 39.2. The highest BCUT2D eigenvalue weighted by Crippen LogP contribution is 2.45. The Morgan fingerprint density at radius 3 is 2.65 bits per heavy atom. The van der Waals surface area contributed by atoms with Gasteiger partial charge >= 0.3 is 11.9 Å². The van der Waals surface area contributed by atoms with Gasteiger partial charge < -0.3 is 14.8 Å². The van der Waals surface area contributed by atoms with Crippen LogP contribution in [0.5, 0.6) is 0 Å². The van der Waals surface area contributed by atoms with Crippen LogP contribution in [0.15, 0.2) is 51.3 Å². The van der Waals surface area contributed by atoms with Gasteiger partial charge in [0.25, 0.3) is 0 Å². The van der Waals surface area contributed by atoms with Crippen LogP contribution in [0.25, 0.3) is 0 Å². The number of carbonyl (C=O) groups is 3. The molecule has 0 bridgehead atoms. The van der Waals surface area contributed by atoms with Gasteiger partial charge in [0, 0.05) is 27.4 Å². The van der Waals surface area contributed by atoms with Crippen LogP contribution in [0.3, 0.4) is 0 Å². The average Bonchev–Trinajstić information content (AvgIpc) is 2.72. The smallest absolute Gasteiger partial charge is 0.337 e. The fourth-order valence-corrected chi connectivity index (χ4v) is 4.72. The highest BCUT2D eigenvalue weighted by molar-refractivity contribution is 9.10. The van der Waals surface area contributed by atoms with Crippen LogP contribution in [0.2, 0.25) is 0 Å². The minimum absolute atomic E-state index is 0.212. The summed E-state index contributed by atoms with van der Waals surface area (Å²) in [6.07, 6.45) is 0.939. The first-order chi connectivity index (χ1) is 14.7. The number of rotatable bonds is 5. The van der Waals surface area contributed by atoms with Crippen molar-refractivity contribution in [2.24, 2.45) is 11.8 Å². The van der Waals surface area contributed by atoms with Crippen molar-refractivity contribution in [2.45, 2.75) is 52.6 Å². The van der Waals surface area contributed by atoms with Crippen molar-refractivity contribution in [3.8, 4) is 0 Å². The molecule has 0 radical (unpaired) electrons. The van der Waals surface area contributed by atoms with Crippen LogP contribution in [0, 0.1) is 11.8 Å². The van der Waals surface area contributed by atoms with E-state index in [1.807, 2.05) is 52.0 Å². The number of benzene rings is 1. The van der Waals surface area contributed by atoms with Crippen LogP contribution in [-0.4, -0.2) is 30.9 Å². The van der Waals surface area contributed by atoms with Gasteiger partial charge in [0.05, 0.1) is 18.8 Å². The second-order valence-electron chi connectivity index (χ2n) is 8.21. The summed E-state index contributed by atoms with van der Waals surface area (Å²) in [5.74, 6) is -3.05. The van der Waals surface area contributed by atoms with Crippen LogP contribution >= 0.6 is 15.9 Å². The van der Waals surface area contributed by atoms with Gasteiger partial charge in [0.1, 0.15) is 5.92 Å². The third kappa shape index (κ3) is 4.47. The molecule has 2 aliphatic rings. The lowest BCUT2D eigenvalue weighted by molar-refractivity contribution is -0.151. The second kappa shape index (κ2) is 9.39. The maximum absolute atomic E-state index is 13.6. The van der Waals surface area contributed by atoms with Crippen molar-refractivity contribution in [1.82, 2.24) is 5.32 Å². The summed E-state index contributed by atoms with van der Waals surface area (Å²) in [6, 6.07) is 7.52. The third-order valence-electron chi connectivity index (χ3n) is 6.03. The molecule has 31 heavy (non-hydrogen) atoms. The molecule has 3 rings (SSSR count). The number of methoxy groups -OCH3 is 1. The van der Waals surface area contributed by atoms with Gasteiger partial charge in [0.15, 0.2) is 5.78 Å². The first kappa shape index (κ1) is 23.3. The topological polar surface area (TPSA) is 81.7 Å². The van der Waals surface area contributed by atoms with Crippen molar-refractivity contribution in [3.63, 3.8) is 0 Å². The molecule has 1 aromatic carbocycles.